The fraction of sp³-hybridized carbons (Fsp3) is 0.227. The van der Waals surface area contributed by atoms with Crippen LogP contribution in [-0.2, 0) is 5.54 Å². The standard InChI is InChI=1S/C22H22N2O/c25-21(18-10-12-20(13-11-18)24-16-6-7-17-24)23-22(14-4-5-15-22)19-8-2-1-3-9-19/h1-3,6-13,16-17H,4-5,14-15H2,(H,23,25). The highest BCUT2D eigenvalue weighted by Gasteiger charge is 2.37. The Labute approximate surface area is 148 Å². The molecule has 1 aliphatic rings. The van der Waals surface area contributed by atoms with Gasteiger partial charge in [-0.05, 0) is 54.8 Å². The van der Waals surface area contributed by atoms with Crippen LogP contribution in [0.15, 0.2) is 79.1 Å². The predicted octanol–water partition coefficient (Wildman–Crippen LogP) is 4.68. The lowest BCUT2D eigenvalue weighted by atomic mass is 9.88. The summed E-state index contributed by atoms with van der Waals surface area (Å²) in [5.41, 5.74) is 2.75. The summed E-state index contributed by atoms with van der Waals surface area (Å²) in [4.78, 5) is 12.9. The van der Waals surface area contributed by atoms with E-state index in [1.165, 1.54) is 5.56 Å². The number of carbonyl (C=O) groups is 1. The van der Waals surface area contributed by atoms with Crippen LogP contribution in [0, 0.1) is 0 Å². The summed E-state index contributed by atoms with van der Waals surface area (Å²) in [5, 5.41) is 3.33. The van der Waals surface area contributed by atoms with Crippen LogP contribution < -0.4 is 5.32 Å². The molecule has 1 aromatic heterocycles. The van der Waals surface area contributed by atoms with E-state index >= 15 is 0 Å². The summed E-state index contributed by atoms with van der Waals surface area (Å²) in [6, 6.07) is 22.1. The lowest BCUT2D eigenvalue weighted by Crippen LogP contribution is -2.43. The molecule has 0 atom stereocenters. The van der Waals surface area contributed by atoms with E-state index in [1.54, 1.807) is 0 Å². The zero-order valence-electron chi connectivity index (χ0n) is 14.2. The monoisotopic (exact) mass is 330 g/mol. The van der Waals surface area contributed by atoms with Crippen molar-refractivity contribution >= 4 is 5.91 Å². The Morgan fingerprint density at radius 1 is 0.840 bits per heavy atom. The average molecular weight is 330 g/mol. The molecule has 0 bridgehead atoms. The molecule has 0 unspecified atom stereocenters. The molecule has 126 valence electrons. The molecule has 3 aromatic rings. The van der Waals surface area contributed by atoms with Crippen molar-refractivity contribution in [2.75, 3.05) is 0 Å². The number of hydrogen-bond acceptors (Lipinski definition) is 1. The van der Waals surface area contributed by atoms with Gasteiger partial charge in [-0.15, -0.1) is 0 Å². The molecule has 0 spiro atoms. The summed E-state index contributed by atoms with van der Waals surface area (Å²) in [5.74, 6) is 0.00445. The first-order valence-electron chi connectivity index (χ1n) is 8.88. The third kappa shape index (κ3) is 3.10. The molecular formula is C22H22N2O. The second-order valence-corrected chi connectivity index (χ2v) is 6.75. The maximum Gasteiger partial charge on any atom is 0.251 e. The van der Waals surface area contributed by atoms with Gasteiger partial charge in [-0.3, -0.25) is 4.79 Å². The number of nitrogens with one attached hydrogen (secondary N) is 1. The molecule has 25 heavy (non-hydrogen) atoms. The molecule has 3 nitrogen and oxygen atoms in total. The molecule has 2 aromatic carbocycles. The second-order valence-electron chi connectivity index (χ2n) is 6.75. The summed E-state index contributed by atoms with van der Waals surface area (Å²) in [6.45, 7) is 0. The summed E-state index contributed by atoms with van der Waals surface area (Å²) < 4.78 is 2.03. The zero-order valence-corrected chi connectivity index (χ0v) is 14.2. The van der Waals surface area contributed by atoms with E-state index in [2.05, 4.69) is 17.4 Å². The second kappa shape index (κ2) is 6.60. The lowest BCUT2D eigenvalue weighted by Gasteiger charge is -2.31. The lowest BCUT2D eigenvalue weighted by molar-refractivity contribution is 0.0898. The maximum absolute atomic E-state index is 12.9. The first-order chi connectivity index (χ1) is 12.3. The molecule has 1 saturated carbocycles. The molecule has 0 aliphatic heterocycles. The van der Waals surface area contributed by atoms with E-state index in [0.29, 0.717) is 5.56 Å². The van der Waals surface area contributed by atoms with Crippen LogP contribution in [0.1, 0.15) is 41.6 Å². The smallest absolute Gasteiger partial charge is 0.251 e. The summed E-state index contributed by atoms with van der Waals surface area (Å²) >= 11 is 0. The molecule has 1 fully saturated rings. The fourth-order valence-electron chi connectivity index (χ4n) is 3.80. The number of hydrogen-bond donors (Lipinski definition) is 1. The highest BCUT2D eigenvalue weighted by Crippen LogP contribution is 2.38. The van der Waals surface area contributed by atoms with Crippen LogP contribution >= 0.6 is 0 Å². The van der Waals surface area contributed by atoms with Crippen LogP contribution in [0.3, 0.4) is 0 Å². The van der Waals surface area contributed by atoms with Crippen molar-refractivity contribution in [3.8, 4) is 5.69 Å². The molecule has 1 N–H and O–H groups in total. The molecule has 0 saturated heterocycles. The van der Waals surface area contributed by atoms with Gasteiger partial charge in [0.1, 0.15) is 0 Å². The Morgan fingerprint density at radius 3 is 2.12 bits per heavy atom. The van der Waals surface area contributed by atoms with Crippen LogP contribution in [-0.4, -0.2) is 10.5 Å². The normalized spacial score (nSPS) is 15.8. The zero-order chi connectivity index (χ0) is 17.1. The van der Waals surface area contributed by atoms with Crippen molar-refractivity contribution in [2.45, 2.75) is 31.2 Å². The van der Waals surface area contributed by atoms with Gasteiger partial charge in [0.25, 0.3) is 5.91 Å². The first kappa shape index (κ1) is 15.7. The molecule has 1 amide bonds. The largest absolute Gasteiger partial charge is 0.343 e. The van der Waals surface area contributed by atoms with Crippen LogP contribution in [0.4, 0.5) is 0 Å². The van der Waals surface area contributed by atoms with Gasteiger partial charge in [0.15, 0.2) is 0 Å². The summed E-state index contributed by atoms with van der Waals surface area (Å²) in [6.07, 6.45) is 8.31. The Hall–Kier alpha value is -2.81. The number of carbonyl (C=O) groups excluding carboxylic acids is 1. The van der Waals surface area contributed by atoms with E-state index < -0.39 is 0 Å². The Bertz CT molecular complexity index is 830. The minimum absolute atomic E-state index is 0.00445. The van der Waals surface area contributed by atoms with Gasteiger partial charge in [-0.2, -0.15) is 0 Å². The third-order valence-corrected chi connectivity index (χ3v) is 5.17. The fourth-order valence-corrected chi connectivity index (χ4v) is 3.80. The van der Waals surface area contributed by atoms with Crippen LogP contribution in [0.2, 0.25) is 0 Å². The maximum atomic E-state index is 12.9. The van der Waals surface area contributed by atoms with Crippen molar-refractivity contribution in [1.82, 2.24) is 9.88 Å². The highest BCUT2D eigenvalue weighted by atomic mass is 16.1. The molecule has 1 aliphatic carbocycles. The molecule has 0 radical (unpaired) electrons. The average Bonchev–Trinajstić information content (AvgIpc) is 3.35. The van der Waals surface area contributed by atoms with E-state index in [9.17, 15) is 4.79 Å². The Kier molecular flexibility index (Phi) is 4.14. The van der Waals surface area contributed by atoms with Gasteiger partial charge >= 0.3 is 0 Å². The number of aromatic nitrogens is 1. The van der Waals surface area contributed by atoms with Crippen molar-refractivity contribution in [3.63, 3.8) is 0 Å². The van der Waals surface area contributed by atoms with Crippen molar-refractivity contribution in [3.05, 3.63) is 90.3 Å². The minimum Gasteiger partial charge on any atom is -0.343 e. The Morgan fingerprint density at radius 2 is 1.48 bits per heavy atom. The van der Waals surface area contributed by atoms with E-state index in [0.717, 1.165) is 31.4 Å². The molecule has 1 heterocycles. The van der Waals surface area contributed by atoms with E-state index in [1.807, 2.05) is 71.6 Å². The number of benzene rings is 2. The molecule has 3 heteroatoms. The van der Waals surface area contributed by atoms with Crippen molar-refractivity contribution < 1.29 is 4.79 Å². The van der Waals surface area contributed by atoms with Gasteiger partial charge < -0.3 is 9.88 Å². The first-order valence-corrected chi connectivity index (χ1v) is 8.88. The minimum atomic E-state index is -0.225. The van der Waals surface area contributed by atoms with Gasteiger partial charge in [0.05, 0.1) is 5.54 Å². The van der Waals surface area contributed by atoms with E-state index in [-0.39, 0.29) is 11.4 Å². The topological polar surface area (TPSA) is 34.0 Å². The summed E-state index contributed by atoms with van der Waals surface area (Å²) in [7, 11) is 0. The van der Waals surface area contributed by atoms with Crippen LogP contribution in [0.25, 0.3) is 5.69 Å². The van der Waals surface area contributed by atoms with E-state index in [4.69, 9.17) is 0 Å². The number of rotatable bonds is 4. The van der Waals surface area contributed by atoms with Crippen LogP contribution in [0.5, 0.6) is 0 Å². The number of amides is 1. The highest BCUT2D eigenvalue weighted by molar-refractivity contribution is 5.95. The van der Waals surface area contributed by atoms with Gasteiger partial charge in [0, 0.05) is 23.6 Å². The number of nitrogens with zero attached hydrogens (tertiary/aromatic N) is 1. The van der Waals surface area contributed by atoms with Crippen molar-refractivity contribution in [2.24, 2.45) is 0 Å². The predicted molar refractivity (Wildman–Crippen MR) is 99.8 cm³/mol. The van der Waals surface area contributed by atoms with Gasteiger partial charge in [-0.1, -0.05) is 43.2 Å². The van der Waals surface area contributed by atoms with Gasteiger partial charge in [0.2, 0.25) is 0 Å². The molecule has 4 rings (SSSR count). The Balaban J connectivity index is 1.56. The quantitative estimate of drug-likeness (QED) is 0.740. The third-order valence-electron chi connectivity index (χ3n) is 5.17. The van der Waals surface area contributed by atoms with Crippen molar-refractivity contribution in [1.29, 1.82) is 0 Å². The molecular weight excluding hydrogens is 308 g/mol. The SMILES string of the molecule is O=C(NC1(c2ccccc2)CCCC1)c1ccc(-n2cccc2)cc1. The van der Waals surface area contributed by atoms with Gasteiger partial charge in [-0.25, -0.2) is 0 Å².